The van der Waals surface area contributed by atoms with E-state index in [2.05, 4.69) is 9.97 Å². The van der Waals surface area contributed by atoms with Crippen molar-refractivity contribution in [3.8, 4) is 28.6 Å². The SMILES string of the molecule is COc1cc2nc(-c3ccc(Cl)cc3O)[nH]c2cc1OC. The molecular weight excluding hydrogens is 292 g/mol. The monoisotopic (exact) mass is 304 g/mol. The van der Waals surface area contributed by atoms with Gasteiger partial charge < -0.3 is 19.6 Å². The molecule has 0 aliphatic rings. The third-order valence-corrected chi connectivity index (χ3v) is 3.44. The summed E-state index contributed by atoms with van der Waals surface area (Å²) >= 11 is 5.84. The lowest BCUT2D eigenvalue weighted by atomic mass is 10.2. The molecule has 21 heavy (non-hydrogen) atoms. The van der Waals surface area contributed by atoms with Gasteiger partial charge in [-0.25, -0.2) is 4.98 Å². The van der Waals surface area contributed by atoms with Gasteiger partial charge in [-0.1, -0.05) is 11.6 Å². The molecule has 0 saturated carbocycles. The van der Waals surface area contributed by atoms with Crippen LogP contribution >= 0.6 is 11.6 Å². The summed E-state index contributed by atoms with van der Waals surface area (Å²) in [6.45, 7) is 0. The molecule has 3 rings (SSSR count). The van der Waals surface area contributed by atoms with E-state index < -0.39 is 0 Å². The van der Waals surface area contributed by atoms with Gasteiger partial charge in [0.05, 0.1) is 30.8 Å². The van der Waals surface area contributed by atoms with Gasteiger partial charge in [-0.3, -0.25) is 0 Å². The van der Waals surface area contributed by atoms with Gasteiger partial charge in [0.15, 0.2) is 11.5 Å². The molecule has 0 unspecified atom stereocenters. The van der Waals surface area contributed by atoms with Gasteiger partial charge in [-0.2, -0.15) is 0 Å². The first-order valence-corrected chi connectivity index (χ1v) is 6.61. The number of fused-ring (bicyclic) bond motifs is 1. The first-order valence-electron chi connectivity index (χ1n) is 6.23. The third kappa shape index (κ3) is 2.36. The number of hydrogen-bond donors (Lipinski definition) is 2. The number of ether oxygens (including phenoxy) is 2. The summed E-state index contributed by atoms with van der Waals surface area (Å²) in [4.78, 5) is 7.61. The van der Waals surface area contributed by atoms with E-state index in [1.807, 2.05) is 0 Å². The fourth-order valence-corrected chi connectivity index (χ4v) is 2.34. The van der Waals surface area contributed by atoms with Crippen molar-refractivity contribution in [1.29, 1.82) is 0 Å². The standard InChI is InChI=1S/C15H13ClN2O3/c1-20-13-6-10-11(7-14(13)21-2)18-15(17-10)9-4-3-8(16)5-12(9)19/h3-7,19H,1-2H3,(H,17,18). The van der Waals surface area contributed by atoms with Crippen molar-refractivity contribution in [3.63, 3.8) is 0 Å². The highest BCUT2D eigenvalue weighted by Gasteiger charge is 2.13. The van der Waals surface area contributed by atoms with E-state index in [1.54, 1.807) is 38.5 Å². The highest BCUT2D eigenvalue weighted by atomic mass is 35.5. The van der Waals surface area contributed by atoms with Gasteiger partial charge in [0.25, 0.3) is 0 Å². The summed E-state index contributed by atoms with van der Waals surface area (Å²) in [5.74, 6) is 1.83. The predicted molar refractivity (Wildman–Crippen MR) is 81.3 cm³/mol. The highest BCUT2D eigenvalue weighted by molar-refractivity contribution is 6.30. The largest absolute Gasteiger partial charge is 0.507 e. The minimum Gasteiger partial charge on any atom is -0.507 e. The first-order chi connectivity index (χ1) is 10.1. The second kappa shape index (κ2) is 5.18. The predicted octanol–water partition coefficient (Wildman–Crippen LogP) is 3.61. The molecule has 0 aliphatic heterocycles. The Labute approximate surface area is 126 Å². The number of nitrogens with one attached hydrogen (secondary N) is 1. The number of rotatable bonds is 3. The fraction of sp³-hybridized carbons (Fsp3) is 0.133. The fourth-order valence-electron chi connectivity index (χ4n) is 2.17. The lowest BCUT2D eigenvalue weighted by Gasteiger charge is -2.06. The van der Waals surface area contributed by atoms with Crippen LogP contribution in [-0.2, 0) is 0 Å². The van der Waals surface area contributed by atoms with Crippen LogP contribution in [0.4, 0.5) is 0 Å². The molecule has 0 aliphatic carbocycles. The summed E-state index contributed by atoms with van der Waals surface area (Å²) in [6, 6.07) is 8.47. The number of hydrogen-bond acceptors (Lipinski definition) is 4. The molecule has 2 aromatic carbocycles. The molecule has 0 spiro atoms. The average molecular weight is 305 g/mol. The van der Waals surface area contributed by atoms with Crippen LogP contribution in [-0.4, -0.2) is 29.3 Å². The molecule has 0 amide bonds. The van der Waals surface area contributed by atoms with E-state index >= 15 is 0 Å². The molecule has 1 heterocycles. The minimum atomic E-state index is 0.0699. The number of H-pyrrole nitrogens is 1. The number of nitrogens with zero attached hydrogens (tertiary/aromatic N) is 1. The van der Waals surface area contributed by atoms with E-state index in [-0.39, 0.29) is 5.75 Å². The Morgan fingerprint density at radius 3 is 2.48 bits per heavy atom. The smallest absolute Gasteiger partial charge is 0.163 e. The molecule has 1 aromatic heterocycles. The van der Waals surface area contributed by atoms with E-state index in [0.717, 1.165) is 11.0 Å². The summed E-state index contributed by atoms with van der Waals surface area (Å²) in [5.41, 5.74) is 2.09. The first kappa shape index (κ1) is 13.6. The second-order valence-corrected chi connectivity index (χ2v) is 4.91. The number of imidazole rings is 1. The quantitative estimate of drug-likeness (QED) is 0.775. The molecule has 3 aromatic rings. The zero-order valence-electron chi connectivity index (χ0n) is 11.5. The zero-order valence-corrected chi connectivity index (χ0v) is 12.2. The summed E-state index contributed by atoms with van der Waals surface area (Å²) < 4.78 is 10.5. The Morgan fingerprint density at radius 1 is 1.10 bits per heavy atom. The van der Waals surface area contributed by atoms with Crippen molar-refractivity contribution in [1.82, 2.24) is 9.97 Å². The maximum Gasteiger partial charge on any atom is 0.163 e. The Balaban J connectivity index is 2.16. The maximum atomic E-state index is 9.98. The van der Waals surface area contributed by atoms with Crippen LogP contribution in [0.2, 0.25) is 5.02 Å². The Morgan fingerprint density at radius 2 is 1.81 bits per heavy atom. The number of halogens is 1. The lowest BCUT2D eigenvalue weighted by molar-refractivity contribution is 0.356. The number of phenols is 1. The zero-order chi connectivity index (χ0) is 15.0. The van der Waals surface area contributed by atoms with E-state index in [4.69, 9.17) is 21.1 Å². The van der Waals surface area contributed by atoms with E-state index in [9.17, 15) is 5.11 Å². The maximum absolute atomic E-state index is 9.98. The molecule has 0 fully saturated rings. The lowest BCUT2D eigenvalue weighted by Crippen LogP contribution is -1.89. The Kier molecular flexibility index (Phi) is 3.35. The van der Waals surface area contributed by atoms with Gasteiger partial charge in [0.2, 0.25) is 0 Å². The van der Waals surface area contributed by atoms with Crippen molar-refractivity contribution in [3.05, 3.63) is 35.4 Å². The molecule has 0 radical (unpaired) electrons. The summed E-state index contributed by atoms with van der Waals surface area (Å²) in [7, 11) is 3.15. The second-order valence-electron chi connectivity index (χ2n) is 4.47. The summed E-state index contributed by atoms with van der Waals surface area (Å²) in [5, 5.41) is 10.4. The third-order valence-electron chi connectivity index (χ3n) is 3.20. The van der Waals surface area contributed by atoms with Crippen LogP contribution in [0.25, 0.3) is 22.4 Å². The van der Waals surface area contributed by atoms with Gasteiger partial charge in [-0.15, -0.1) is 0 Å². The molecule has 0 saturated heterocycles. The normalized spacial score (nSPS) is 10.8. The van der Waals surface area contributed by atoms with E-state index in [1.165, 1.54) is 6.07 Å². The number of aromatic nitrogens is 2. The van der Waals surface area contributed by atoms with Crippen LogP contribution in [0.5, 0.6) is 17.2 Å². The van der Waals surface area contributed by atoms with Gasteiger partial charge in [0, 0.05) is 17.2 Å². The number of benzene rings is 2. The summed E-state index contributed by atoms with van der Waals surface area (Å²) in [6.07, 6.45) is 0. The van der Waals surface area contributed by atoms with Gasteiger partial charge in [-0.05, 0) is 18.2 Å². The van der Waals surface area contributed by atoms with Crippen LogP contribution in [0, 0.1) is 0 Å². The number of aromatic amines is 1. The van der Waals surface area contributed by atoms with Crippen molar-refractivity contribution in [2.75, 3.05) is 14.2 Å². The van der Waals surface area contributed by atoms with Crippen LogP contribution in [0.3, 0.4) is 0 Å². The molecule has 2 N–H and O–H groups in total. The molecule has 0 bridgehead atoms. The molecule has 108 valence electrons. The minimum absolute atomic E-state index is 0.0699. The molecule has 5 nitrogen and oxygen atoms in total. The van der Waals surface area contributed by atoms with Crippen LogP contribution in [0.15, 0.2) is 30.3 Å². The van der Waals surface area contributed by atoms with Gasteiger partial charge >= 0.3 is 0 Å². The topological polar surface area (TPSA) is 67.4 Å². The molecular formula is C15H13ClN2O3. The van der Waals surface area contributed by atoms with Crippen LogP contribution in [0.1, 0.15) is 0 Å². The van der Waals surface area contributed by atoms with Crippen molar-refractivity contribution >= 4 is 22.6 Å². The highest BCUT2D eigenvalue weighted by Crippen LogP contribution is 2.35. The number of aromatic hydroxyl groups is 1. The Hall–Kier alpha value is -2.40. The Bertz CT molecular complexity index is 773. The van der Waals surface area contributed by atoms with Crippen molar-refractivity contribution < 1.29 is 14.6 Å². The van der Waals surface area contributed by atoms with Gasteiger partial charge in [0.1, 0.15) is 11.6 Å². The van der Waals surface area contributed by atoms with Crippen LogP contribution < -0.4 is 9.47 Å². The van der Waals surface area contributed by atoms with Crippen molar-refractivity contribution in [2.45, 2.75) is 0 Å². The molecule has 6 heteroatoms. The molecule has 0 atom stereocenters. The van der Waals surface area contributed by atoms with Crippen molar-refractivity contribution in [2.24, 2.45) is 0 Å². The van der Waals surface area contributed by atoms with E-state index in [0.29, 0.717) is 27.9 Å². The number of phenolic OH excluding ortho intramolecular Hbond substituents is 1. The average Bonchev–Trinajstić information content (AvgIpc) is 2.87. The number of methoxy groups -OCH3 is 2.